The molecule has 1 amide bonds. The van der Waals surface area contributed by atoms with E-state index in [9.17, 15) is 9.59 Å². The maximum atomic E-state index is 11.8. The molecular weight excluding hydrogens is 236 g/mol. The average Bonchev–Trinajstić information content (AvgIpc) is 2.55. The second-order valence-corrected chi connectivity index (χ2v) is 5.62. The van der Waals surface area contributed by atoms with Crippen molar-refractivity contribution in [1.29, 1.82) is 0 Å². The largest absolute Gasteiger partial charge is 0.331 e. The van der Waals surface area contributed by atoms with Crippen LogP contribution in [0.1, 0.15) is 13.3 Å². The van der Waals surface area contributed by atoms with Gasteiger partial charge in [0.15, 0.2) is 5.12 Å². The number of amides is 1. The predicted octanol–water partition coefficient (Wildman–Crippen LogP) is 0.432. The monoisotopic (exact) mass is 254 g/mol. The highest BCUT2D eigenvalue weighted by molar-refractivity contribution is 8.14. The summed E-state index contributed by atoms with van der Waals surface area (Å²) in [5.74, 6) is 6.02. The van der Waals surface area contributed by atoms with Crippen molar-refractivity contribution in [2.45, 2.75) is 18.6 Å². The zero-order chi connectivity index (χ0) is 12.8. The smallest absolute Gasteiger partial charge is 0.237 e. The first-order chi connectivity index (χ1) is 8.00. The Hall–Kier alpha value is -0.990. The summed E-state index contributed by atoms with van der Waals surface area (Å²) >= 11 is 1.13. The number of hydrogen-bond donors (Lipinski definition) is 0. The van der Waals surface area contributed by atoms with Gasteiger partial charge in [0, 0.05) is 13.5 Å². The van der Waals surface area contributed by atoms with Gasteiger partial charge in [-0.1, -0.05) is 23.6 Å². The number of thioether (sulfide) groups is 1. The fourth-order valence-corrected chi connectivity index (χ4v) is 2.42. The number of hydrogen-bond acceptors (Lipinski definition) is 4. The van der Waals surface area contributed by atoms with Gasteiger partial charge >= 0.3 is 0 Å². The van der Waals surface area contributed by atoms with Gasteiger partial charge in [0.25, 0.3) is 0 Å². The molecule has 94 valence electrons. The SMILES string of the molecule is CC(=O)SC1CCN(CC#CCN(C)C)C1=O. The van der Waals surface area contributed by atoms with Gasteiger partial charge in [0.1, 0.15) is 0 Å². The first-order valence-electron chi connectivity index (χ1n) is 5.57. The van der Waals surface area contributed by atoms with E-state index in [2.05, 4.69) is 11.8 Å². The highest BCUT2D eigenvalue weighted by Gasteiger charge is 2.32. The lowest BCUT2D eigenvalue weighted by Crippen LogP contribution is -2.29. The lowest BCUT2D eigenvalue weighted by molar-refractivity contribution is -0.126. The minimum absolute atomic E-state index is 0.00360. The quantitative estimate of drug-likeness (QED) is 0.685. The van der Waals surface area contributed by atoms with Gasteiger partial charge in [-0.15, -0.1) is 0 Å². The van der Waals surface area contributed by atoms with E-state index in [-0.39, 0.29) is 16.3 Å². The van der Waals surface area contributed by atoms with Crippen LogP contribution < -0.4 is 0 Å². The maximum Gasteiger partial charge on any atom is 0.237 e. The summed E-state index contributed by atoms with van der Waals surface area (Å²) in [5.41, 5.74) is 0. The predicted molar refractivity (Wildman–Crippen MR) is 69.6 cm³/mol. The van der Waals surface area contributed by atoms with E-state index in [1.807, 2.05) is 19.0 Å². The molecule has 5 heteroatoms. The Morgan fingerprint density at radius 2 is 2.24 bits per heavy atom. The van der Waals surface area contributed by atoms with Crippen molar-refractivity contribution in [1.82, 2.24) is 9.80 Å². The van der Waals surface area contributed by atoms with E-state index in [0.29, 0.717) is 19.6 Å². The molecule has 1 heterocycles. The fraction of sp³-hybridized carbons (Fsp3) is 0.667. The van der Waals surface area contributed by atoms with Crippen LogP contribution in [0.3, 0.4) is 0 Å². The highest BCUT2D eigenvalue weighted by atomic mass is 32.2. The molecule has 1 unspecified atom stereocenters. The normalized spacial score (nSPS) is 19.4. The summed E-state index contributed by atoms with van der Waals surface area (Å²) in [7, 11) is 3.91. The Balaban J connectivity index is 2.39. The minimum Gasteiger partial charge on any atom is -0.331 e. The molecule has 0 aromatic rings. The van der Waals surface area contributed by atoms with Crippen molar-refractivity contribution < 1.29 is 9.59 Å². The van der Waals surface area contributed by atoms with E-state index in [4.69, 9.17) is 0 Å². The lowest BCUT2D eigenvalue weighted by atomic mass is 10.4. The van der Waals surface area contributed by atoms with Crippen molar-refractivity contribution in [3.63, 3.8) is 0 Å². The molecule has 1 aliphatic rings. The van der Waals surface area contributed by atoms with Crippen molar-refractivity contribution in [3.8, 4) is 11.8 Å². The number of rotatable bonds is 3. The summed E-state index contributed by atoms with van der Waals surface area (Å²) in [6.45, 7) is 3.38. The van der Waals surface area contributed by atoms with Gasteiger partial charge in [0.05, 0.1) is 18.3 Å². The van der Waals surface area contributed by atoms with E-state index in [1.165, 1.54) is 6.92 Å². The van der Waals surface area contributed by atoms with Crippen molar-refractivity contribution in [3.05, 3.63) is 0 Å². The van der Waals surface area contributed by atoms with Crippen LogP contribution in [-0.2, 0) is 9.59 Å². The van der Waals surface area contributed by atoms with E-state index >= 15 is 0 Å². The second-order valence-electron chi connectivity index (χ2n) is 4.24. The zero-order valence-electron chi connectivity index (χ0n) is 10.5. The Bertz CT molecular complexity index is 357. The van der Waals surface area contributed by atoms with Gasteiger partial charge in [-0.2, -0.15) is 0 Å². The molecule has 0 aliphatic carbocycles. The van der Waals surface area contributed by atoms with Crippen LogP contribution in [0, 0.1) is 11.8 Å². The van der Waals surface area contributed by atoms with Gasteiger partial charge in [0.2, 0.25) is 5.91 Å². The van der Waals surface area contributed by atoms with E-state index < -0.39 is 0 Å². The molecule has 1 aliphatic heterocycles. The molecule has 0 bridgehead atoms. The first-order valence-corrected chi connectivity index (χ1v) is 6.45. The third kappa shape index (κ3) is 4.80. The number of nitrogens with zero attached hydrogens (tertiary/aromatic N) is 2. The molecule has 0 aromatic carbocycles. The summed E-state index contributed by atoms with van der Waals surface area (Å²) in [4.78, 5) is 26.5. The Labute approximate surface area is 107 Å². The van der Waals surface area contributed by atoms with Crippen LogP contribution in [0.2, 0.25) is 0 Å². The maximum absolute atomic E-state index is 11.8. The number of carbonyl (C=O) groups is 2. The van der Waals surface area contributed by atoms with Crippen molar-refractivity contribution in [2.75, 3.05) is 33.7 Å². The molecule has 1 fully saturated rings. The molecule has 1 rings (SSSR count). The van der Waals surface area contributed by atoms with Crippen molar-refractivity contribution in [2.24, 2.45) is 0 Å². The Morgan fingerprint density at radius 1 is 1.53 bits per heavy atom. The number of likely N-dealkylation sites (tertiary alicyclic amines) is 1. The average molecular weight is 254 g/mol. The molecule has 4 nitrogen and oxygen atoms in total. The topological polar surface area (TPSA) is 40.6 Å². The molecule has 0 saturated carbocycles. The molecule has 0 radical (unpaired) electrons. The minimum atomic E-state index is -0.192. The summed E-state index contributed by atoms with van der Waals surface area (Å²) in [6, 6.07) is 0. The summed E-state index contributed by atoms with van der Waals surface area (Å²) in [5, 5.41) is -0.188. The summed E-state index contributed by atoms with van der Waals surface area (Å²) in [6.07, 6.45) is 0.748. The molecular formula is C12H18N2O2S. The Kier molecular flexibility index (Phi) is 5.52. The number of carbonyl (C=O) groups excluding carboxylic acids is 2. The molecule has 0 spiro atoms. The summed E-state index contributed by atoms with van der Waals surface area (Å²) < 4.78 is 0. The zero-order valence-corrected chi connectivity index (χ0v) is 11.3. The third-order valence-electron chi connectivity index (χ3n) is 2.35. The van der Waals surface area contributed by atoms with Crippen LogP contribution in [0.15, 0.2) is 0 Å². The standard InChI is InChI=1S/C12H18N2O2S/c1-10(15)17-11-6-9-14(12(11)16)8-5-4-7-13(2)3/h11H,6-9H2,1-3H3. The van der Waals surface area contributed by atoms with Gasteiger partial charge in [-0.25, -0.2) is 0 Å². The molecule has 1 atom stereocenters. The van der Waals surface area contributed by atoms with Gasteiger partial charge in [-0.05, 0) is 20.5 Å². The van der Waals surface area contributed by atoms with Crippen LogP contribution in [0.25, 0.3) is 0 Å². The van der Waals surface area contributed by atoms with Crippen LogP contribution in [-0.4, -0.2) is 59.8 Å². The van der Waals surface area contributed by atoms with Gasteiger partial charge < -0.3 is 4.90 Å². The van der Waals surface area contributed by atoms with Gasteiger partial charge in [-0.3, -0.25) is 14.5 Å². The van der Waals surface area contributed by atoms with Crippen LogP contribution in [0.5, 0.6) is 0 Å². The fourth-order valence-electron chi connectivity index (χ4n) is 1.54. The van der Waals surface area contributed by atoms with Crippen molar-refractivity contribution >= 4 is 22.8 Å². The van der Waals surface area contributed by atoms with Crippen LogP contribution in [0.4, 0.5) is 0 Å². The highest BCUT2D eigenvalue weighted by Crippen LogP contribution is 2.23. The first kappa shape index (κ1) is 14.1. The van der Waals surface area contributed by atoms with E-state index in [1.54, 1.807) is 4.90 Å². The molecule has 0 aromatic heterocycles. The molecule has 17 heavy (non-hydrogen) atoms. The molecule has 1 saturated heterocycles. The lowest BCUT2D eigenvalue weighted by Gasteiger charge is -2.12. The van der Waals surface area contributed by atoms with E-state index in [0.717, 1.165) is 18.2 Å². The third-order valence-corrected chi connectivity index (χ3v) is 3.40. The second kappa shape index (κ2) is 6.67. The van der Waals surface area contributed by atoms with Crippen LogP contribution >= 0.6 is 11.8 Å². The Morgan fingerprint density at radius 3 is 2.82 bits per heavy atom. The molecule has 0 N–H and O–H groups in total.